The average Bonchev–Trinajstić information content (AvgIpc) is 2.90. The normalized spacial score (nSPS) is 16.7. The zero-order chi connectivity index (χ0) is 26.6. The van der Waals surface area contributed by atoms with Gasteiger partial charge in [0.25, 0.3) is 0 Å². The van der Waals surface area contributed by atoms with Gasteiger partial charge in [-0.15, -0.1) is 0 Å². The molecule has 0 aliphatic carbocycles. The highest BCUT2D eigenvalue weighted by atomic mass is 35.5. The monoisotopic (exact) mass is 538 g/mol. The fourth-order valence-corrected chi connectivity index (χ4v) is 5.48. The van der Waals surface area contributed by atoms with Crippen LogP contribution >= 0.6 is 11.6 Å². The van der Waals surface area contributed by atoms with Gasteiger partial charge in [0.05, 0.1) is 17.6 Å². The van der Waals surface area contributed by atoms with E-state index in [1.165, 1.54) is 6.20 Å². The van der Waals surface area contributed by atoms with Gasteiger partial charge in [-0.05, 0) is 93.4 Å². The minimum Gasteiger partial charge on any atom is -0.497 e. The standard InChI is InChI=1S/C28H31ClF4N2O2/c1-37-20-4-5-25-21(15-20)26(22(29)16-34-25)23(31)6-7-28(17-36)8-11-35(12-9-28)10-2-3-18-13-19(30)14-24(32)27(18)33/h4-5,13-16,23,36H,2-3,6-12,17H2,1H3/t23-/m1/s1. The summed E-state index contributed by atoms with van der Waals surface area (Å²) in [5.74, 6) is -2.37. The van der Waals surface area contributed by atoms with Gasteiger partial charge in [-0.25, -0.2) is 17.6 Å². The Labute approximate surface area is 219 Å². The molecule has 1 N–H and O–H groups in total. The zero-order valence-electron chi connectivity index (χ0n) is 20.8. The summed E-state index contributed by atoms with van der Waals surface area (Å²) in [5.41, 5.74) is 0.658. The van der Waals surface area contributed by atoms with Crippen molar-refractivity contribution in [2.45, 2.75) is 44.7 Å². The molecule has 2 aromatic carbocycles. The Bertz CT molecular complexity index is 1230. The van der Waals surface area contributed by atoms with Crippen LogP contribution in [0.4, 0.5) is 17.6 Å². The van der Waals surface area contributed by atoms with Crippen LogP contribution in [0, 0.1) is 22.9 Å². The summed E-state index contributed by atoms with van der Waals surface area (Å²) in [5, 5.41) is 11.1. The summed E-state index contributed by atoms with van der Waals surface area (Å²) in [4.78, 5) is 6.48. The van der Waals surface area contributed by atoms with Gasteiger partial charge >= 0.3 is 0 Å². The second kappa shape index (κ2) is 12.0. The van der Waals surface area contributed by atoms with Crippen LogP contribution in [0.3, 0.4) is 0 Å². The molecule has 0 radical (unpaired) electrons. The van der Waals surface area contributed by atoms with E-state index in [0.29, 0.717) is 73.6 Å². The van der Waals surface area contributed by atoms with E-state index in [9.17, 15) is 18.3 Å². The van der Waals surface area contributed by atoms with E-state index >= 15 is 4.39 Å². The van der Waals surface area contributed by atoms with Crippen molar-refractivity contribution in [1.82, 2.24) is 9.88 Å². The van der Waals surface area contributed by atoms with Gasteiger partial charge in [-0.1, -0.05) is 11.6 Å². The van der Waals surface area contributed by atoms with E-state index in [4.69, 9.17) is 16.3 Å². The van der Waals surface area contributed by atoms with E-state index in [2.05, 4.69) is 9.88 Å². The van der Waals surface area contributed by atoms with Crippen LogP contribution in [0.15, 0.2) is 36.5 Å². The van der Waals surface area contributed by atoms with Gasteiger partial charge in [-0.2, -0.15) is 0 Å². The third-order valence-electron chi connectivity index (χ3n) is 7.55. The lowest BCUT2D eigenvalue weighted by atomic mass is 9.74. The molecule has 0 amide bonds. The number of ether oxygens (including phenoxy) is 1. The number of hydrogen-bond donors (Lipinski definition) is 1. The highest BCUT2D eigenvalue weighted by molar-refractivity contribution is 6.32. The van der Waals surface area contributed by atoms with Crippen molar-refractivity contribution in [3.8, 4) is 5.75 Å². The van der Waals surface area contributed by atoms with E-state index in [1.807, 2.05) is 0 Å². The average molecular weight is 539 g/mol. The van der Waals surface area contributed by atoms with Crippen LogP contribution in [0.25, 0.3) is 10.9 Å². The molecule has 4 nitrogen and oxygen atoms in total. The number of aromatic nitrogens is 1. The Balaban J connectivity index is 1.33. The van der Waals surface area contributed by atoms with Crippen molar-refractivity contribution >= 4 is 22.5 Å². The van der Waals surface area contributed by atoms with Gasteiger partial charge in [0.15, 0.2) is 11.6 Å². The topological polar surface area (TPSA) is 45.6 Å². The minimum absolute atomic E-state index is 0.0353. The Kier molecular flexibility index (Phi) is 8.93. The number of aliphatic hydroxyl groups is 1. The van der Waals surface area contributed by atoms with Crippen LogP contribution in [-0.2, 0) is 6.42 Å². The van der Waals surface area contributed by atoms with Crippen molar-refractivity contribution in [2.75, 3.05) is 33.4 Å². The number of nitrogens with zero attached hydrogens (tertiary/aromatic N) is 2. The minimum atomic E-state index is -1.33. The summed E-state index contributed by atoms with van der Waals surface area (Å²) in [6.45, 7) is 2.01. The first-order valence-electron chi connectivity index (χ1n) is 12.5. The van der Waals surface area contributed by atoms with E-state index in [-0.39, 0.29) is 30.0 Å². The van der Waals surface area contributed by atoms with Gasteiger partial charge in [-0.3, -0.25) is 4.98 Å². The Morgan fingerprint density at radius 1 is 1.16 bits per heavy atom. The van der Waals surface area contributed by atoms with Crippen molar-refractivity contribution in [3.63, 3.8) is 0 Å². The molecule has 200 valence electrons. The Morgan fingerprint density at radius 2 is 1.92 bits per heavy atom. The lowest BCUT2D eigenvalue weighted by molar-refractivity contribution is 0.0300. The number of rotatable bonds is 10. The van der Waals surface area contributed by atoms with Crippen LogP contribution < -0.4 is 4.74 Å². The molecule has 1 atom stereocenters. The molecule has 1 aromatic heterocycles. The van der Waals surface area contributed by atoms with Crippen molar-refractivity contribution in [1.29, 1.82) is 0 Å². The second-order valence-corrected chi connectivity index (χ2v) is 10.3. The van der Waals surface area contributed by atoms with Gasteiger partial charge < -0.3 is 14.7 Å². The summed E-state index contributed by atoms with van der Waals surface area (Å²) in [6.07, 6.45) is 3.01. The van der Waals surface area contributed by atoms with Crippen molar-refractivity contribution in [2.24, 2.45) is 5.41 Å². The van der Waals surface area contributed by atoms with Gasteiger partial charge in [0.2, 0.25) is 0 Å². The quantitative estimate of drug-likeness (QED) is 0.227. The number of fused-ring (bicyclic) bond motifs is 1. The lowest BCUT2D eigenvalue weighted by Gasteiger charge is -2.41. The molecule has 37 heavy (non-hydrogen) atoms. The van der Waals surface area contributed by atoms with Crippen molar-refractivity contribution < 1.29 is 27.4 Å². The van der Waals surface area contributed by atoms with Crippen LogP contribution in [-0.4, -0.2) is 48.3 Å². The molecule has 3 aromatic rings. The maximum atomic E-state index is 15.6. The maximum Gasteiger partial charge on any atom is 0.162 e. The molecule has 1 saturated heterocycles. The molecule has 4 rings (SSSR count). The van der Waals surface area contributed by atoms with Crippen LogP contribution in [0.2, 0.25) is 5.02 Å². The first-order chi connectivity index (χ1) is 17.7. The third-order valence-corrected chi connectivity index (χ3v) is 7.85. The number of likely N-dealkylation sites (tertiary alicyclic amines) is 1. The number of piperidine rings is 1. The number of alkyl halides is 1. The SMILES string of the molecule is COc1ccc2ncc(Cl)c([C@H](F)CCC3(CO)CCN(CCCc4cc(F)cc(F)c4F)CC3)c2c1. The third kappa shape index (κ3) is 6.36. The molecular weight excluding hydrogens is 508 g/mol. The zero-order valence-corrected chi connectivity index (χ0v) is 21.5. The van der Waals surface area contributed by atoms with Crippen molar-refractivity contribution in [3.05, 3.63) is 70.1 Å². The molecule has 1 aliphatic heterocycles. The molecule has 0 spiro atoms. The first-order valence-corrected chi connectivity index (χ1v) is 12.9. The number of aryl methyl sites for hydroxylation is 1. The molecule has 1 aliphatic rings. The largest absolute Gasteiger partial charge is 0.497 e. The number of methoxy groups -OCH3 is 1. The molecule has 1 fully saturated rings. The fourth-order valence-electron chi connectivity index (χ4n) is 5.21. The van der Waals surface area contributed by atoms with Crippen LogP contribution in [0.5, 0.6) is 5.75 Å². The Morgan fingerprint density at radius 3 is 2.62 bits per heavy atom. The molecule has 9 heteroatoms. The number of halogens is 5. The summed E-state index contributed by atoms with van der Waals surface area (Å²) in [7, 11) is 1.54. The predicted molar refractivity (Wildman–Crippen MR) is 136 cm³/mol. The molecule has 2 heterocycles. The van der Waals surface area contributed by atoms with Crippen LogP contribution in [0.1, 0.15) is 49.4 Å². The van der Waals surface area contributed by atoms with E-state index in [0.717, 1.165) is 6.07 Å². The maximum absolute atomic E-state index is 15.6. The number of aliphatic hydroxyl groups excluding tert-OH is 1. The first kappa shape index (κ1) is 27.6. The highest BCUT2D eigenvalue weighted by Crippen LogP contribution is 2.42. The van der Waals surface area contributed by atoms with E-state index < -0.39 is 29.0 Å². The van der Waals surface area contributed by atoms with Gasteiger partial charge in [0.1, 0.15) is 17.7 Å². The molecule has 0 unspecified atom stereocenters. The summed E-state index contributed by atoms with van der Waals surface area (Å²) >= 11 is 6.36. The molecule has 0 bridgehead atoms. The second-order valence-electron chi connectivity index (χ2n) is 9.87. The van der Waals surface area contributed by atoms with Gasteiger partial charge in [0, 0.05) is 29.8 Å². The highest BCUT2D eigenvalue weighted by Gasteiger charge is 2.35. The summed E-state index contributed by atoms with van der Waals surface area (Å²) in [6, 6.07) is 6.85. The van der Waals surface area contributed by atoms with E-state index in [1.54, 1.807) is 25.3 Å². The predicted octanol–water partition coefficient (Wildman–Crippen LogP) is 6.81. The molecular formula is C28H31ClF4N2O2. The number of hydrogen-bond acceptors (Lipinski definition) is 4. The molecule has 0 saturated carbocycles. The fraction of sp³-hybridized carbons (Fsp3) is 0.464. The lowest BCUT2D eigenvalue weighted by Crippen LogP contribution is -2.42. The summed E-state index contributed by atoms with van der Waals surface area (Å²) < 4.78 is 61.6. The Hall–Kier alpha value is -2.42. The smallest absolute Gasteiger partial charge is 0.162 e. The number of pyridine rings is 1. The number of benzene rings is 2.